The monoisotopic (exact) mass is 504 g/mol. The third-order valence-corrected chi connectivity index (χ3v) is 6.22. The Bertz CT molecular complexity index is 1480. The summed E-state index contributed by atoms with van der Waals surface area (Å²) in [4.78, 5) is 58.8. The van der Waals surface area contributed by atoms with E-state index in [9.17, 15) is 23.6 Å². The standard InChI is InChI=1S/C26H21FN4O6/c1-4-36-26(35)21-18(14(3)31(28-21)17-9-5-13(2)6-10-17)22(32)20-19-23(37-29-20)25(34)30(24(19)33)16-11-7-15(27)8-12-16/h5-12,19,23H,4H2,1-3H3/t19-,23-/m1/s1. The molecule has 2 atom stereocenters. The predicted molar refractivity (Wildman–Crippen MR) is 128 cm³/mol. The number of ether oxygens (including phenoxy) is 1. The molecule has 3 heterocycles. The zero-order valence-corrected chi connectivity index (χ0v) is 20.1. The van der Waals surface area contributed by atoms with Crippen molar-refractivity contribution in [3.05, 3.63) is 76.9 Å². The Morgan fingerprint density at radius 3 is 2.30 bits per heavy atom. The number of hydrogen-bond acceptors (Lipinski definition) is 8. The lowest BCUT2D eigenvalue weighted by atomic mass is 9.92. The summed E-state index contributed by atoms with van der Waals surface area (Å²) in [6.45, 7) is 5.19. The number of carbonyl (C=O) groups is 4. The van der Waals surface area contributed by atoms with Gasteiger partial charge in [-0.05, 0) is 57.2 Å². The fourth-order valence-corrected chi connectivity index (χ4v) is 4.39. The number of ketones is 1. The van der Waals surface area contributed by atoms with Crippen molar-refractivity contribution in [2.75, 3.05) is 11.5 Å². The van der Waals surface area contributed by atoms with Crippen LogP contribution in [-0.4, -0.2) is 51.8 Å². The maximum absolute atomic E-state index is 13.8. The summed E-state index contributed by atoms with van der Waals surface area (Å²) in [5.74, 6) is -4.95. The van der Waals surface area contributed by atoms with Crippen LogP contribution in [0.3, 0.4) is 0 Å². The molecule has 0 radical (unpaired) electrons. The van der Waals surface area contributed by atoms with Gasteiger partial charge in [-0.1, -0.05) is 22.9 Å². The number of Topliss-reactive ketones (excluding diaryl/α,β-unsaturated/α-hetero) is 1. The fourth-order valence-electron chi connectivity index (χ4n) is 4.39. The maximum atomic E-state index is 13.8. The van der Waals surface area contributed by atoms with Crippen LogP contribution in [0.1, 0.15) is 39.0 Å². The first-order valence-corrected chi connectivity index (χ1v) is 11.5. The normalized spacial score (nSPS) is 18.5. The van der Waals surface area contributed by atoms with E-state index in [4.69, 9.17) is 9.57 Å². The average molecular weight is 504 g/mol. The number of carbonyl (C=O) groups excluding carboxylic acids is 4. The van der Waals surface area contributed by atoms with E-state index in [1.165, 1.54) is 16.8 Å². The van der Waals surface area contributed by atoms with Gasteiger partial charge in [0.15, 0.2) is 5.69 Å². The number of imide groups is 1. The van der Waals surface area contributed by atoms with Crippen molar-refractivity contribution in [3.8, 4) is 5.69 Å². The SMILES string of the molecule is CCOC(=O)c1nn(-c2ccc(C)cc2)c(C)c1C(=O)C1=NO[C@H]2C(=O)N(c3ccc(F)cc3)C(=O)[C@H]12. The van der Waals surface area contributed by atoms with Crippen LogP contribution >= 0.6 is 0 Å². The predicted octanol–water partition coefficient (Wildman–Crippen LogP) is 2.93. The molecule has 5 rings (SSSR count). The van der Waals surface area contributed by atoms with Crippen LogP contribution in [0.5, 0.6) is 0 Å². The van der Waals surface area contributed by atoms with Gasteiger partial charge in [0.1, 0.15) is 17.4 Å². The van der Waals surface area contributed by atoms with E-state index in [1.54, 1.807) is 26.0 Å². The molecule has 37 heavy (non-hydrogen) atoms. The molecular formula is C26H21FN4O6. The van der Waals surface area contributed by atoms with Gasteiger partial charge in [-0.3, -0.25) is 14.4 Å². The van der Waals surface area contributed by atoms with Crippen LogP contribution in [0.4, 0.5) is 10.1 Å². The van der Waals surface area contributed by atoms with Gasteiger partial charge >= 0.3 is 5.97 Å². The highest BCUT2D eigenvalue weighted by Gasteiger charge is 2.58. The van der Waals surface area contributed by atoms with Gasteiger partial charge in [0.05, 0.1) is 29.2 Å². The smallest absolute Gasteiger partial charge is 0.359 e. The molecule has 0 spiro atoms. The molecule has 2 aliphatic rings. The highest BCUT2D eigenvalue weighted by Crippen LogP contribution is 2.35. The Hall–Kier alpha value is -4.67. The van der Waals surface area contributed by atoms with Gasteiger partial charge < -0.3 is 9.57 Å². The van der Waals surface area contributed by atoms with Crippen molar-refractivity contribution < 1.29 is 33.1 Å². The summed E-state index contributed by atoms with van der Waals surface area (Å²) in [5, 5.41) is 8.11. The van der Waals surface area contributed by atoms with E-state index >= 15 is 0 Å². The van der Waals surface area contributed by atoms with Crippen LogP contribution in [0.25, 0.3) is 5.69 Å². The van der Waals surface area contributed by atoms with Gasteiger partial charge in [0, 0.05) is 0 Å². The molecule has 1 saturated heterocycles. The van der Waals surface area contributed by atoms with E-state index in [1.807, 2.05) is 19.1 Å². The van der Waals surface area contributed by atoms with E-state index in [-0.39, 0.29) is 29.3 Å². The number of halogens is 1. The van der Waals surface area contributed by atoms with Crippen molar-refractivity contribution in [3.63, 3.8) is 0 Å². The second-order valence-electron chi connectivity index (χ2n) is 8.57. The number of amides is 2. The number of esters is 1. The molecule has 0 N–H and O–H groups in total. The molecule has 1 aromatic heterocycles. The zero-order valence-electron chi connectivity index (χ0n) is 20.1. The molecule has 0 bridgehead atoms. The number of benzene rings is 2. The number of rotatable bonds is 6. The second kappa shape index (κ2) is 9.08. The Kier molecular flexibility index (Phi) is 5.90. The molecule has 10 nitrogen and oxygen atoms in total. The third kappa shape index (κ3) is 3.88. The number of oxime groups is 1. The van der Waals surface area contributed by atoms with Crippen LogP contribution < -0.4 is 4.90 Å². The summed E-state index contributed by atoms with van der Waals surface area (Å²) in [5.41, 5.74) is 1.38. The molecule has 11 heteroatoms. The molecular weight excluding hydrogens is 483 g/mol. The van der Waals surface area contributed by atoms with E-state index in [0.29, 0.717) is 11.4 Å². The lowest BCUT2D eigenvalue weighted by molar-refractivity contribution is -0.126. The highest BCUT2D eigenvalue weighted by molar-refractivity contribution is 6.53. The van der Waals surface area contributed by atoms with Crippen LogP contribution in [0.2, 0.25) is 0 Å². The minimum absolute atomic E-state index is 0.0529. The Labute approximate surface area is 210 Å². The van der Waals surface area contributed by atoms with Crippen LogP contribution in [0.15, 0.2) is 53.7 Å². The van der Waals surface area contributed by atoms with Crippen molar-refractivity contribution in [1.29, 1.82) is 0 Å². The Morgan fingerprint density at radius 2 is 1.65 bits per heavy atom. The first-order chi connectivity index (χ1) is 17.7. The van der Waals surface area contributed by atoms with Gasteiger partial charge in [-0.15, -0.1) is 0 Å². The average Bonchev–Trinajstić information content (AvgIpc) is 3.53. The summed E-state index contributed by atoms with van der Waals surface area (Å²) < 4.78 is 19.9. The Balaban J connectivity index is 1.54. The number of fused-ring (bicyclic) bond motifs is 1. The quantitative estimate of drug-likeness (QED) is 0.288. The number of hydrogen-bond donors (Lipinski definition) is 0. The number of anilines is 1. The van der Waals surface area contributed by atoms with Crippen molar-refractivity contribution in [2.24, 2.45) is 11.1 Å². The second-order valence-corrected chi connectivity index (χ2v) is 8.57. The largest absolute Gasteiger partial charge is 0.461 e. The lowest BCUT2D eigenvalue weighted by Crippen LogP contribution is -2.34. The van der Waals surface area contributed by atoms with Crippen molar-refractivity contribution in [1.82, 2.24) is 9.78 Å². The fraction of sp³-hybridized carbons (Fsp3) is 0.231. The van der Waals surface area contributed by atoms with Crippen molar-refractivity contribution in [2.45, 2.75) is 26.9 Å². The summed E-state index contributed by atoms with van der Waals surface area (Å²) >= 11 is 0. The van der Waals surface area contributed by atoms with E-state index in [2.05, 4.69) is 10.3 Å². The van der Waals surface area contributed by atoms with E-state index < -0.39 is 41.4 Å². The molecule has 3 aromatic rings. The molecule has 2 aromatic carbocycles. The van der Waals surface area contributed by atoms with Crippen molar-refractivity contribution >= 4 is 35.0 Å². The summed E-state index contributed by atoms with van der Waals surface area (Å²) in [6, 6.07) is 12.1. The number of aryl methyl sites for hydroxylation is 1. The molecule has 2 amide bonds. The van der Waals surface area contributed by atoms with Gasteiger partial charge in [-0.25, -0.2) is 18.8 Å². The van der Waals surface area contributed by atoms with Gasteiger partial charge in [0.2, 0.25) is 17.8 Å². The maximum Gasteiger partial charge on any atom is 0.359 e. The van der Waals surface area contributed by atoms with Crippen LogP contribution in [0, 0.1) is 25.6 Å². The highest BCUT2D eigenvalue weighted by atomic mass is 19.1. The topological polar surface area (TPSA) is 120 Å². The first kappa shape index (κ1) is 24.0. The number of aromatic nitrogens is 2. The summed E-state index contributed by atoms with van der Waals surface area (Å²) in [7, 11) is 0. The molecule has 0 aliphatic carbocycles. The molecule has 188 valence electrons. The third-order valence-electron chi connectivity index (χ3n) is 6.22. The Morgan fingerprint density at radius 1 is 1.00 bits per heavy atom. The molecule has 1 fully saturated rings. The summed E-state index contributed by atoms with van der Waals surface area (Å²) in [6.07, 6.45) is -1.35. The molecule has 0 saturated carbocycles. The number of nitrogens with zero attached hydrogens (tertiary/aromatic N) is 4. The van der Waals surface area contributed by atoms with Gasteiger partial charge in [0.25, 0.3) is 5.91 Å². The lowest BCUT2D eigenvalue weighted by Gasteiger charge is -2.15. The molecule has 2 aliphatic heterocycles. The molecule has 0 unspecified atom stereocenters. The minimum Gasteiger partial charge on any atom is -0.461 e. The van der Waals surface area contributed by atoms with Gasteiger partial charge in [-0.2, -0.15) is 5.10 Å². The first-order valence-electron chi connectivity index (χ1n) is 11.5. The van der Waals surface area contributed by atoms with E-state index in [0.717, 1.165) is 22.6 Å². The zero-order chi connectivity index (χ0) is 26.4. The minimum atomic E-state index is -1.35. The van der Waals surface area contributed by atoms with Crippen LogP contribution in [-0.2, 0) is 19.2 Å².